The highest BCUT2D eigenvalue weighted by molar-refractivity contribution is 5.92. The molecule has 1 aliphatic rings. The summed E-state index contributed by atoms with van der Waals surface area (Å²) in [6, 6.07) is 23.6. The second-order valence-corrected chi connectivity index (χ2v) is 8.32. The first-order chi connectivity index (χ1) is 15.0. The molecule has 1 heterocycles. The minimum atomic E-state index is -0.572. The van der Waals surface area contributed by atoms with Crippen LogP contribution in [-0.2, 0) is 16.0 Å². The molecule has 3 aromatic rings. The number of nitrogens with zero attached hydrogens (tertiary/aromatic N) is 2. The second kappa shape index (κ2) is 9.31. The average molecular weight is 416 g/mol. The lowest BCUT2D eigenvalue weighted by Crippen LogP contribution is -2.54. The first-order valence-electron chi connectivity index (χ1n) is 10.8. The Balaban J connectivity index is 1.45. The van der Waals surface area contributed by atoms with Gasteiger partial charge in [-0.2, -0.15) is 0 Å². The van der Waals surface area contributed by atoms with Crippen molar-refractivity contribution in [2.75, 3.05) is 26.7 Å². The summed E-state index contributed by atoms with van der Waals surface area (Å²) in [5.41, 5.74) is 2.09. The van der Waals surface area contributed by atoms with E-state index in [1.165, 1.54) is 0 Å². The van der Waals surface area contributed by atoms with E-state index in [0.29, 0.717) is 6.54 Å². The molecule has 0 unspecified atom stereocenters. The van der Waals surface area contributed by atoms with Crippen LogP contribution in [0.5, 0.6) is 0 Å². The van der Waals surface area contributed by atoms with E-state index in [1.807, 2.05) is 65.6 Å². The molecule has 0 aliphatic carbocycles. The zero-order valence-electron chi connectivity index (χ0n) is 18.1. The van der Waals surface area contributed by atoms with Crippen LogP contribution in [0.2, 0.25) is 0 Å². The summed E-state index contributed by atoms with van der Waals surface area (Å²) < 4.78 is 0. The van der Waals surface area contributed by atoms with Gasteiger partial charge in [0, 0.05) is 19.6 Å². The maximum absolute atomic E-state index is 13.3. The van der Waals surface area contributed by atoms with E-state index in [1.54, 1.807) is 6.92 Å². The quantitative estimate of drug-likeness (QED) is 0.695. The molecule has 0 saturated carbocycles. The lowest BCUT2D eigenvalue weighted by atomic mass is 10.0. The molecule has 0 bridgehead atoms. The summed E-state index contributed by atoms with van der Waals surface area (Å²) in [4.78, 5) is 30.2. The van der Waals surface area contributed by atoms with Crippen molar-refractivity contribution >= 4 is 22.6 Å². The van der Waals surface area contributed by atoms with Gasteiger partial charge in [0.15, 0.2) is 0 Å². The van der Waals surface area contributed by atoms with Gasteiger partial charge in [-0.15, -0.1) is 0 Å². The van der Waals surface area contributed by atoms with Crippen LogP contribution in [-0.4, -0.2) is 54.3 Å². The SMILES string of the molecule is C[C@@H](NC(=O)Cc1cccc2ccccc12)C(=O)N1CCN(C)C[C@H]1c1ccccc1. The van der Waals surface area contributed by atoms with Crippen LogP contribution < -0.4 is 5.32 Å². The Morgan fingerprint density at radius 1 is 0.968 bits per heavy atom. The van der Waals surface area contributed by atoms with Crippen LogP contribution in [0.25, 0.3) is 10.8 Å². The molecular formula is C26H29N3O2. The van der Waals surface area contributed by atoms with Crippen LogP contribution in [0.15, 0.2) is 72.8 Å². The van der Waals surface area contributed by atoms with Gasteiger partial charge in [0.25, 0.3) is 0 Å². The average Bonchev–Trinajstić information content (AvgIpc) is 2.79. The first kappa shape index (κ1) is 21.1. The van der Waals surface area contributed by atoms with E-state index in [2.05, 4.69) is 29.4 Å². The molecule has 5 nitrogen and oxygen atoms in total. The second-order valence-electron chi connectivity index (χ2n) is 8.32. The van der Waals surface area contributed by atoms with E-state index < -0.39 is 6.04 Å². The van der Waals surface area contributed by atoms with Crippen LogP contribution in [0, 0.1) is 0 Å². The summed E-state index contributed by atoms with van der Waals surface area (Å²) >= 11 is 0. The molecular weight excluding hydrogens is 386 g/mol. The fraction of sp³-hybridized carbons (Fsp3) is 0.308. The van der Waals surface area contributed by atoms with Crippen molar-refractivity contribution in [2.24, 2.45) is 0 Å². The largest absolute Gasteiger partial charge is 0.344 e. The minimum Gasteiger partial charge on any atom is -0.344 e. The van der Waals surface area contributed by atoms with Crippen molar-refractivity contribution < 1.29 is 9.59 Å². The molecule has 1 fully saturated rings. The smallest absolute Gasteiger partial charge is 0.245 e. The molecule has 1 aliphatic heterocycles. The van der Waals surface area contributed by atoms with E-state index in [-0.39, 0.29) is 24.3 Å². The van der Waals surface area contributed by atoms with Crippen LogP contribution in [0.3, 0.4) is 0 Å². The van der Waals surface area contributed by atoms with Gasteiger partial charge in [-0.1, -0.05) is 72.8 Å². The predicted molar refractivity (Wildman–Crippen MR) is 124 cm³/mol. The van der Waals surface area contributed by atoms with Gasteiger partial charge in [-0.25, -0.2) is 0 Å². The molecule has 3 aromatic carbocycles. The molecule has 5 heteroatoms. The summed E-state index contributed by atoms with van der Waals surface area (Å²) in [6.07, 6.45) is 0.254. The van der Waals surface area contributed by atoms with Crippen molar-refractivity contribution in [1.82, 2.24) is 15.1 Å². The van der Waals surface area contributed by atoms with Gasteiger partial charge in [-0.3, -0.25) is 9.59 Å². The highest BCUT2D eigenvalue weighted by atomic mass is 16.2. The lowest BCUT2D eigenvalue weighted by molar-refractivity contribution is -0.140. The highest BCUT2D eigenvalue weighted by Crippen LogP contribution is 2.25. The zero-order valence-corrected chi connectivity index (χ0v) is 18.1. The van der Waals surface area contributed by atoms with Crippen LogP contribution >= 0.6 is 0 Å². The third-order valence-electron chi connectivity index (χ3n) is 6.03. The highest BCUT2D eigenvalue weighted by Gasteiger charge is 2.33. The number of carbonyl (C=O) groups excluding carboxylic acids is 2. The third kappa shape index (κ3) is 4.78. The molecule has 2 amide bonds. The van der Waals surface area contributed by atoms with Gasteiger partial charge in [-0.05, 0) is 35.9 Å². The van der Waals surface area contributed by atoms with Gasteiger partial charge in [0.1, 0.15) is 6.04 Å². The number of nitrogens with one attached hydrogen (secondary N) is 1. The first-order valence-corrected chi connectivity index (χ1v) is 10.8. The number of likely N-dealkylation sites (N-methyl/N-ethyl adjacent to an activating group) is 1. The molecule has 1 N–H and O–H groups in total. The summed E-state index contributed by atoms with van der Waals surface area (Å²) in [5, 5.41) is 5.11. The van der Waals surface area contributed by atoms with Gasteiger partial charge in [0.05, 0.1) is 12.5 Å². The Labute approximate surface area is 183 Å². The van der Waals surface area contributed by atoms with E-state index in [0.717, 1.165) is 35.0 Å². The topological polar surface area (TPSA) is 52.7 Å². The molecule has 160 valence electrons. The molecule has 2 atom stereocenters. The molecule has 0 spiro atoms. The molecule has 0 radical (unpaired) electrons. The third-order valence-corrected chi connectivity index (χ3v) is 6.03. The fourth-order valence-corrected chi connectivity index (χ4v) is 4.37. The standard InChI is InChI=1S/C26H29N3O2/c1-19(27-25(30)17-22-13-8-12-20-9-6-7-14-23(20)22)26(31)29-16-15-28(2)18-24(29)21-10-4-3-5-11-21/h3-14,19,24H,15-18H2,1-2H3,(H,27,30)/t19-,24+/m1/s1. The van der Waals surface area contributed by atoms with Crippen LogP contribution in [0.1, 0.15) is 24.1 Å². The molecule has 1 saturated heterocycles. The normalized spacial score (nSPS) is 18.0. The number of hydrogen-bond acceptors (Lipinski definition) is 3. The summed E-state index contributed by atoms with van der Waals surface area (Å²) in [5.74, 6) is -0.171. The van der Waals surface area contributed by atoms with Crippen LogP contribution in [0.4, 0.5) is 0 Å². The Kier molecular flexibility index (Phi) is 6.33. The maximum Gasteiger partial charge on any atom is 0.245 e. The number of hydrogen-bond donors (Lipinski definition) is 1. The monoisotopic (exact) mass is 415 g/mol. The minimum absolute atomic E-state index is 0.00938. The Morgan fingerprint density at radius 2 is 1.68 bits per heavy atom. The summed E-state index contributed by atoms with van der Waals surface area (Å²) in [6.45, 7) is 4.04. The Bertz CT molecular complexity index is 1060. The lowest BCUT2D eigenvalue weighted by Gasteiger charge is -2.41. The maximum atomic E-state index is 13.3. The predicted octanol–water partition coefficient (Wildman–Crippen LogP) is 3.40. The number of rotatable bonds is 5. The van der Waals surface area contributed by atoms with Crippen molar-refractivity contribution in [1.29, 1.82) is 0 Å². The van der Waals surface area contributed by atoms with E-state index in [9.17, 15) is 9.59 Å². The number of amides is 2. The Morgan fingerprint density at radius 3 is 2.48 bits per heavy atom. The number of benzene rings is 3. The fourth-order valence-electron chi connectivity index (χ4n) is 4.37. The van der Waals surface area contributed by atoms with Crippen molar-refractivity contribution in [2.45, 2.75) is 25.4 Å². The number of piperazine rings is 1. The molecule has 0 aromatic heterocycles. The van der Waals surface area contributed by atoms with Crippen molar-refractivity contribution in [3.63, 3.8) is 0 Å². The zero-order chi connectivity index (χ0) is 21.8. The van der Waals surface area contributed by atoms with E-state index in [4.69, 9.17) is 0 Å². The molecule has 4 rings (SSSR count). The van der Waals surface area contributed by atoms with Crippen molar-refractivity contribution in [3.8, 4) is 0 Å². The van der Waals surface area contributed by atoms with Gasteiger partial charge in [0.2, 0.25) is 11.8 Å². The van der Waals surface area contributed by atoms with E-state index >= 15 is 0 Å². The number of fused-ring (bicyclic) bond motifs is 1. The van der Waals surface area contributed by atoms with Crippen molar-refractivity contribution in [3.05, 3.63) is 83.9 Å². The number of carbonyl (C=O) groups is 2. The summed E-state index contributed by atoms with van der Waals surface area (Å²) in [7, 11) is 2.08. The van der Waals surface area contributed by atoms with Gasteiger partial charge >= 0.3 is 0 Å². The Hall–Kier alpha value is -3.18. The van der Waals surface area contributed by atoms with Gasteiger partial charge < -0.3 is 15.1 Å². The molecule has 31 heavy (non-hydrogen) atoms.